The number of rotatable bonds is 7. The number of aryl methyl sites for hydroxylation is 1. The van der Waals surface area contributed by atoms with E-state index in [0.717, 1.165) is 29.6 Å². The monoisotopic (exact) mass is 490 g/mol. The lowest BCUT2D eigenvalue weighted by Gasteiger charge is -2.23. The molecule has 1 aromatic carbocycles. The number of thioether (sulfide) groups is 1. The smallest absolute Gasteiger partial charge is 0.370 e. The van der Waals surface area contributed by atoms with Crippen molar-refractivity contribution in [2.75, 3.05) is 42.7 Å². The van der Waals surface area contributed by atoms with Crippen LogP contribution in [0.15, 0.2) is 29.2 Å². The molecule has 4 N–H and O–H groups in total. The number of alkyl halides is 3. The average molecular weight is 491 g/mol. The normalized spacial score (nSPS) is 19.7. The van der Waals surface area contributed by atoms with Gasteiger partial charge in [0.15, 0.2) is 5.82 Å². The quantitative estimate of drug-likeness (QED) is 0.510. The average Bonchev–Trinajstić information content (AvgIpc) is 3.39. The Bertz CT molecular complexity index is 1120. The molecule has 0 saturated carbocycles. The maximum atomic E-state index is 14.0. The molecular weight excluding hydrogens is 465 g/mol. The zero-order chi connectivity index (χ0) is 24.5. The number of nitrogens with zero attached hydrogens (tertiary/aromatic N) is 3. The highest BCUT2D eigenvalue weighted by Crippen LogP contribution is 2.40. The van der Waals surface area contributed by atoms with Crippen molar-refractivity contribution in [2.45, 2.75) is 23.9 Å². The Kier molecular flexibility index (Phi) is 6.91. The van der Waals surface area contributed by atoms with E-state index in [-0.39, 0.29) is 18.1 Å². The molecule has 0 radical (unpaired) electrons. The summed E-state index contributed by atoms with van der Waals surface area (Å²) in [5.74, 6) is 0.370. The van der Waals surface area contributed by atoms with E-state index in [1.165, 1.54) is 11.8 Å². The number of nitriles is 1. The first-order valence-corrected chi connectivity index (χ1v) is 12.1. The molecule has 0 aliphatic carbocycles. The predicted molar refractivity (Wildman–Crippen MR) is 125 cm³/mol. The molecule has 0 bridgehead atoms. The Morgan fingerprint density at radius 2 is 2.03 bits per heavy atom. The van der Waals surface area contributed by atoms with Crippen molar-refractivity contribution in [3.8, 4) is 6.07 Å². The molecule has 4 rings (SSSR count). The van der Waals surface area contributed by atoms with Crippen LogP contribution in [0.4, 0.5) is 30.5 Å². The highest BCUT2D eigenvalue weighted by molar-refractivity contribution is 7.98. The molecule has 2 saturated heterocycles. The molecule has 1 amide bonds. The van der Waals surface area contributed by atoms with Gasteiger partial charge in [0, 0.05) is 37.5 Å². The number of nitrogens with one attached hydrogen (secondary N) is 2. The number of amides is 1. The highest BCUT2D eigenvalue weighted by Gasteiger charge is 2.40. The lowest BCUT2D eigenvalue weighted by Crippen LogP contribution is -2.27. The number of hydrogen-bond acceptors (Lipinski definition) is 7. The third-order valence-corrected chi connectivity index (χ3v) is 7.11. The molecule has 180 valence electrons. The molecule has 2 aliphatic heterocycles. The topological polar surface area (TPSA) is 107 Å². The number of pyridine rings is 1. The van der Waals surface area contributed by atoms with Gasteiger partial charge in [-0.25, -0.2) is 4.98 Å². The lowest BCUT2D eigenvalue weighted by atomic mass is 10.0. The van der Waals surface area contributed by atoms with Gasteiger partial charge in [0.05, 0.1) is 11.3 Å². The molecule has 2 aliphatic rings. The van der Waals surface area contributed by atoms with Crippen LogP contribution in [0.1, 0.15) is 23.1 Å². The van der Waals surface area contributed by atoms with Crippen LogP contribution in [-0.4, -0.2) is 43.3 Å². The van der Waals surface area contributed by atoms with Gasteiger partial charge in [0.25, 0.3) is 0 Å². The number of hydrogen-bond donors (Lipinski definition) is 3. The molecular formula is C23H25F3N6OS. The Morgan fingerprint density at radius 1 is 1.32 bits per heavy atom. The molecule has 34 heavy (non-hydrogen) atoms. The second-order valence-corrected chi connectivity index (χ2v) is 9.42. The first-order chi connectivity index (χ1) is 16.2. The number of aromatic nitrogens is 1. The van der Waals surface area contributed by atoms with E-state index in [9.17, 15) is 23.2 Å². The number of anilines is 3. The van der Waals surface area contributed by atoms with Crippen LogP contribution >= 0.6 is 11.8 Å². The van der Waals surface area contributed by atoms with Crippen molar-refractivity contribution in [3.05, 3.63) is 41.0 Å². The maximum Gasteiger partial charge on any atom is 0.417 e. The van der Waals surface area contributed by atoms with E-state index in [2.05, 4.69) is 15.6 Å². The van der Waals surface area contributed by atoms with Crippen molar-refractivity contribution in [1.82, 2.24) is 10.3 Å². The maximum absolute atomic E-state index is 14.0. The summed E-state index contributed by atoms with van der Waals surface area (Å²) in [4.78, 5) is 18.3. The van der Waals surface area contributed by atoms with Crippen molar-refractivity contribution >= 4 is 35.0 Å². The number of carbonyl (C=O) groups excluding carboxylic acids is 1. The van der Waals surface area contributed by atoms with Crippen molar-refractivity contribution in [3.63, 3.8) is 0 Å². The molecule has 11 heteroatoms. The lowest BCUT2D eigenvalue weighted by molar-refractivity contribution is -0.137. The van der Waals surface area contributed by atoms with Crippen LogP contribution in [-0.2, 0) is 17.4 Å². The summed E-state index contributed by atoms with van der Waals surface area (Å²) >= 11 is 1.41. The third kappa shape index (κ3) is 5.08. The molecule has 2 atom stereocenters. The largest absolute Gasteiger partial charge is 0.417 e. The number of benzene rings is 1. The minimum atomic E-state index is -4.71. The van der Waals surface area contributed by atoms with Gasteiger partial charge in [-0.15, -0.1) is 11.8 Å². The highest BCUT2D eigenvalue weighted by atomic mass is 32.2. The van der Waals surface area contributed by atoms with Gasteiger partial charge in [-0.05, 0) is 48.3 Å². The molecule has 7 nitrogen and oxygen atoms in total. The van der Waals surface area contributed by atoms with Gasteiger partial charge in [-0.1, -0.05) is 6.07 Å². The van der Waals surface area contributed by atoms with E-state index < -0.39 is 23.2 Å². The Labute approximate surface area is 199 Å². The fourth-order valence-corrected chi connectivity index (χ4v) is 5.10. The third-order valence-electron chi connectivity index (χ3n) is 6.31. The van der Waals surface area contributed by atoms with Crippen LogP contribution in [0.5, 0.6) is 0 Å². The fraction of sp³-hybridized carbons (Fsp3) is 0.435. The number of halogens is 3. The van der Waals surface area contributed by atoms with Gasteiger partial charge < -0.3 is 21.3 Å². The second-order valence-electron chi connectivity index (χ2n) is 8.57. The van der Waals surface area contributed by atoms with E-state index in [0.29, 0.717) is 37.0 Å². The first kappa shape index (κ1) is 24.2. The van der Waals surface area contributed by atoms with Gasteiger partial charge in [-0.3, -0.25) is 4.79 Å². The van der Waals surface area contributed by atoms with Crippen molar-refractivity contribution in [1.29, 1.82) is 5.26 Å². The fourth-order valence-electron chi connectivity index (χ4n) is 4.57. The summed E-state index contributed by atoms with van der Waals surface area (Å²) in [6, 6.07) is 8.09. The van der Waals surface area contributed by atoms with Gasteiger partial charge in [0.1, 0.15) is 17.5 Å². The second kappa shape index (κ2) is 9.72. The standard InChI is InChI=1S/C23H25F3N6OS/c1-34-19-4-2-13(3-5-20(28)33)6-18(19)30-22-16(8-27)17(23(24,25)26)7-21(31-22)32-11-14-9-29-10-15(14)12-32/h2,4,6-7,14-15,29H,3,5,9-12H2,1H3,(H2,28,33)(H,30,31)/t14-,15+. The van der Waals surface area contributed by atoms with Crippen LogP contribution in [0.2, 0.25) is 0 Å². The Hall–Kier alpha value is -2.97. The molecule has 2 fully saturated rings. The zero-order valence-electron chi connectivity index (χ0n) is 18.6. The minimum absolute atomic E-state index is 0.134. The molecule has 0 unspecified atom stereocenters. The Balaban J connectivity index is 1.74. The summed E-state index contributed by atoms with van der Waals surface area (Å²) < 4.78 is 41.9. The SMILES string of the molecule is CSc1ccc(CCC(N)=O)cc1Nc1nc(N2C[C@H]3CNC[C@H]3C2)cc(C(F)(F)F)c1C#N. The molecule has 2 aromatic rings. The van der Waals surface area contributed by atoms with Gasteiger partial charge in [0.2, 0.25) is 5.91 Å². The van der Waals surface area contributed by atoms with E-state index in [1.54, 1.807) is 12.1 Å². The number of primary amides is 1. The number of fused-ring (bicyclic) bond motifs is 1. The summed E-state index contributed by atoms with van der Waals surface area (Å²) in [6.45, 7) is 2.91. The van der Waals surface area contributed by atoms with Crippen LogP contribution < -0.4 is 21.3 Å². The van der Waals surface area contributed by atoms with Crippen LogP contribution in [0.3, 0.4) is 0 Å². The van der Waals surface area contributed by atoms with E-state index in [4.69, 9.17) is 5.73 Å². The summed E-state index contributed by atoms with van der Waals surface area (Å²) in [5, 5.41) is 15.9. The first-order valence-electron chi connectivity index (χ1n) is 10.9. The summed E-state index contributed by atoms with van der Waals surface area (Å²) in [6.07, 6.45) is -2.31. The van der Waals surface area contributed by atoms with E-state index in [1.807, 2.05) is 23.3 Å². The minimum Gasteiger partial charge on any atom is -0.370 e. The van der Waals surface area contributed by atoms with Crippen molar-refractivity contribution in [2.24, 2.45) is 17.6 Å². The summed E-state index contributed by atoms with van der Waals surface area (Å²) in [5.41, 5.74) is 5.00. The molecule has 3 heterocycles. The number of nitrogens with two attached hydrogens (primary N) is 1. The Morgan fingerprint density at radius 3 is 2.62 bits per heavy atom. The number of carbonyl (C=O) groups is 1. The van der Waals surface area contributed by atoms with Gasteiger partial charge >= 0.3 is 6.18 Å². The van der Waals surface area contributed by atoms with Crippen molar-refractivity contribution < 1.29 is 18.0 Å². The van der Waals surface area contributed by atoms with Gasteiger partial charge in [-0.2, -0.15) is 18.4 Å². The predicted octanol–water partition coefficient (Wildman–Crippen LogP) is 3.51. The molecule has 0 spiro atoms. The van der Waals surface area contributed by atoms with E-state index >= 15 is 0 Å². The zero-order valence-corrected chi connectivity index (χ0v) is 19.4. The van der Waals surface area contributed by atoms with Crippen LogP contribution in [0.25, 0.3) is 0 Å². The molecule has 1 aromatic heterocycles. The van der Waals surface area contributed by atoms with Crippen LogP contribution in [0, 0.1) is 23.2 Å². The summed E-state index contributed by atoms with van der Waals surface area (Å²) in [7, 11) is 0.